The third-order valence-corrected chi connectivity index (χ3v) is 2.14. The predicted octanol–water partition coefficient (Wildman–Crippen LogP) is 2.59. The first kappa shape index (κ1) is 13.0. The van der Waals surface area contributed by atoms with Crippen molar-refractivity contribution in [1.82, 2.24) is 4.98 Å². The average molecular weight is 227 g/mol. The second kappa shape index (κ2) is 6.48. The van der Waals surface area contributed by atoms with Crippen molar-refractivity contribution >= 4 is 18.2 Å². The van der Waals surface area contributed by atoms with Gasteiger partial charge < -0.3 is 4.42 Å². The number of rotatable bonds is 4. The highest BCUT2D eigenvalue weighted by Gasteiger charge is 2.03. The van der Waals surface area contributed by atoms with Crippen LogP contribution in [0.5, 0.6) is 0 Å². The quantitative estimate of drug-likeness (QED) is 0.739. The van der Waals surface area contributed by atoms with Gasteiger partial charge in [-0.25, -0.2) is 4.98 Å². The molecular weight excluding hydrogens is 210 g/mol. The molecule has 0 aromatic carbocycles. The Kier molecular flexibility index (Phi) is 4.95. The van der Waals surface area contributed by atoms with E-state index < -0.39 is 0 Å². The standard InChI is InChI=1S/C15H17NO/c1-5-8-10-13(7-3)15-16-12(4)14(17-15)11-9-6-2/h5-11H,1,4H2,2-3H3/b9-6-,10-8-,13-7+,14-11+. The van der Waals surface area contributed by atoms with Gasteiger partial charge in [-0.15, -0.1) is 0 Å². The molecule has 2 heteroatoms. The van der Waals surface area contributed by atoms with E-state index in [-0.39, 0.29) is 0 Å². The molecule has 0 N–H and O–H groups in total. The van der Waals surface area contributed by atoms with Crippen LogP contribution in [0.1, 0.15) is 19.7 Å². The van der Waals surface area contributed by atoms with E-state index in [1.165, 1.54) is 0 Å². The van der Waals surface area contributed by atoms with Crippen molar-refractivity contribution in [3.05, 3.63) is 59.7 Å². The molecule has 0 fully saturated rings. The van der Waals surface area contributed by atoms with Gasteiger partial charge in [-0.1, -0.05) is 43.5 Å². The fourth-order valence-corrected chi connectivity index (χ4v) is 1.26. The Morgan fingerprint density at radius 2 is 2.06 bits per heavy atom. The smallest absolute Gasteiger partial charge is 0.226 e. The number of aromatic nitrogens is 1. The molecule has 88 valence electrons. The van der Waals surface area contributed by atoms with Crippen LogP contribution >= 0.6 is 0 Å². The normalized spacial score (nSPS) is 14.0. The van der Waals surface area contributed by atoms with Crippen molar-refractivity contribution in [2.45, 2.75) is 13.8 Å². The zero-order valence-electron chi connectivity index (χ0n) is 10.3. The van der Waals surface area contributed by atoms with E-state index in [1.54, 1.807) is 6.08 Å². The topological polar surface area (TPSA) is 26.0 Å². The van der Waals surface area contributed by atoms with Gasteiger partial charge in [-0.3, -0.25) is 0 Å². The maximum Gasteiger partial charge on any atom is 0.226 e. The van der Waals surface area contributed by atoms with E-state index in [9.17, 15) is 0 Å². The second-order valence-corrected chi connectivity index (χ2v) is 3.36. The van der Waals surface area contributed by atoms with Crippen LogP contribution in [-0.2, 0) is 0 Å². The largest absolute Gasteiger partial charge is 0.436 e. The van der Waals surface area contributed by atoms with Crippen molar-refractivity contribution in [1.29, 1.82) is 0 Å². The van der Waals surface area contributed by atoms with Crippen LogP contribution in [0, 0.1) is 0 Å². The Morgan fingerprint density at radius 3 is 2.65 bits per heavy atom. The predicted molar refractivity (Wildman–Crippen MR) is 73.5 cm³/mol. The zero-order valence-corrected chi connectivity index (χ0v) is 10.3. The summed E-state index contributed by atoms with van der Waals surface area (Å²) < 4.78 is 5.63. The molecule has 1 rings (SSSR count). The molecule has 0 aliphatic carbocycles. The lowest BCUT2D eigenvalue weighted by molar-refractivity contribution is 0.512. The molecule has 1 aromatic rings. The molecule has 1 heterocycles. The summed E-state index contributed by atoms with van der Waals surface area (Å²) in [4.78, 5) is 4.29. The van der Waals surface area contributed by atoms with Crippen molar-refractivity contribution in [2.24, 2.45) is 0 Å². The van der Waals surface area contributed by atoms with Crippen molar-refractivity contribution in [3.8, 4) is 0 Å². The van der Waals surface area contributed by atoms with Gasteiger partial charge in [0.15, 0.2) is 5.42 Å². The van der Waals surface area contributed by atoms with Gasteiger partial charge in [-0.05, 0) is 26.0 Å². The van der Waals surface area contributed by atoms with Gasteiger partial charge in [0, 0.05) is 5.57 Å². The average Bonchev–Trinajstić information content (AvgIpc) is 2.69. The maximum atomic E-state index is 5.63. The molecule has 1 aromatic heterocycles. The Labute approximate surface area is 102 Å². The van der Waals surface area contributed by atoms with Gasteiger partial charge in [0.1, 0.15) is 5.35 Å². The number of oxazole rings is 1. The summed E-state index contributed by atoms with van der Waals surface area (Å²) in [5.41, 5.74) is 1.60. The molecule has 0 spiro atoms. The first-order chi connectivity index (χ1) is 8.22. The number of nitrogens with zero attached hydrogens (tertiary/aromatic N) is 1. The fraction of sp³-hybridized carbons (Fsp3) is 0.133. The monoisotopic (exact) mass is 227 g/mol. The van der Waals surface area contributed by atoms with Crippen LogP contribution in [0.4, 0.5) is 0 Å². The van der Waals surface area contributed by atoms with Crippen LogP contribution < -0.4 is 10.8 Å². The molecule has 0 saturated heterocycles. The van der Waals surface area contributed by atoms with E-state index in [0.717, 1.165) is 5.57 Å². The molecule has 0 saturated carbocycles. The third-order valence-electron chi connectivity index (χ3n) is 2.14. The minimum Gasteiger partial charge on any atom is -0.436 e. The fourth-order valence-electron chi connectivity index (χ4n) is 1.26. The lowest BCUT2D eigenvalue weighted by Gasteiger charge is -1.92. The maximum absolute atomic E-state index is 5.63. The number of hydrogen-bond acceptors (Lipinski definition) is 2. The van der Waals surface area contributed by atoms with Gasteiger partial charge in [-0.2, -0.15) is 0 Å². The van der Waals surface area contributed by atoms with E-state index >= 15 is 0 Å². The first-order valence-electron chi connectivity index (χ1n) is 5.47. The van der Waals surface area contributed by atoms with Crippen LogP contribution in [0.15, 0.2) is 47.5 Å². The van der Waals surface area contributed by atoms with E-state index in [0.29, 0.717) is 16.7 Å². The molecule has 0 radical (unpaired) electrons. The van der Waals surface area contributed by atoms with Gasteiger partial charge in [0.05, 0.1) is 0 Å². The summed E-state index contributed by atoms with van der Waals surface area (Å²) in [6, 6.07) is 0. The molecule has 0 unspecified atom stereocenters. The minimum atomic E-state index is 0.575. The van der Waals surface area contributed by atoms with Crippen LogP contribution in [-0.4, -0.2) is 4.98 Å². The lowest BCUT2D eigenvalue weighted by Crippen LogP contribution is -2.19. The summed E-state index contributed by atoms with van der Waals surface area (Å²) in [6.45, 7) is 11.4. The number of hydrogen-bond donors (Lipinski definition) is 0. The molecule has 17 heavy (non-hydrogen) atoms. The van der Waals surface area contributed by atoms with Crippen LogP contribution in [0.2, 0.25) is 0 Å². The summed E-state index contributed by atoms with van der Waals surface area (Å²) in [7, 11) is 0. The second-order valence-electron chi connectivity index (χ2n) is 3.36. The highest BCUT2D eigenvalue weighted by molar-refractivity contribution is 5.68. The molecule has 0 bridgehead atoms. The summed E-state index contributed by atoms with van der Waals surface area (Å²) in [6.07, 6.45) is 13.1. The first-order valence-corrected chi connectivity index (χ1v) is 5.47. The summed E-state index contributed by atoms with van der Waals surface area (Å²) in [5.74, 6) is 0.575. The summed E-state index contributed by atoms with van der Waals surface area (Å²) in [5, 5.41) is 0.643. The Morgan fingerprint density at radius 1 is 1.29 bits per heavy atom. The molecule has 0 aliphatic heterocycles. The van der Waals surface area contributed by atoms with Gasteiger partial charge in [0.25, 0.3) is 0 Å². The van der Waals surface area contributed by atoms with Crippen molar-refractivity contribution in [3.63, 3.8) is 0 Å². The van der Waals surface area contributed by atoms with Gasteiger partial charge in [0.2, 0.25) is 5.89 Å². The van der Waals surface area contributed by atoms with E-state index in [2.05, 4.69) is 18.1 Å². The summed E-state index contributed by atoms with van der Waals surface area (Å²) >= 11 is 0. The Balaban J connectivity index is 3.21. The van der Waals surface area contributed by atoms with Gasteiger partial charge >= 0.3 is 0 Å². The van der Waals surface area contributed by atoms with E-state index in [4.69, 9.17) is 4.42 Å². The molecule has 2 nitrogen and oxygen atoms in total. The van der Waals surface area contributed by atoms with E-state index in [1.807, 2.05) is 50.3 Å². The van der Waals surface area contributed by atoms with Crippen LogP contribution in [0.25, 0.3) is 18.2 Å². The molecular formula is C15H17NO. The lowest BCUT2D eigenvalue weighted by atomic mass is 10.2. The molecule has 0 atom stereocenters. The highest BCUT2D eigenvalue weighted by atomic mass is 16.3. The zero-order chi connectivity index (χ0) is 12.7. The Hall–Kier alpha value is -2.09. The van der Waals surface area contributed by atoms with Crippen molar-refractivity contribution in [2.75, 3.05) is 0 Å². The van der Waals surface area contributed by atoms with Crippen LogP contribution in [0.3, 0.4) is 0 Å². The highest BCUT2D eigenvalue weighted by Crippen LogP contribution is 2.10. The molecule has 0 aliphatic rings. The minimum absolute atomic E-state index is 0.575. The third kappa shape index (κ3) is 3.45. The molecule has 0 amide bonds. The SMILES string of the molecule is C=C/C=C\C(=C/C)c1nc(=C)/c(=C\C=C/C)o1. The number of allylic oxidation sites excluding steroid dienone is 7. The Bertz CT molecular complexity index is 571. The van der Waals surface area contributed by atoms with Crippen molar-refractivity contribution < 1.29 is 4.42 Å².